The molecule has 3 aliphatic rings. The summed E-state index contributed by atoms with van der Waals surface area (Å²) < 4.78 is 0. The van der Waals surface area contributed by atoms with Gasteiger partial charge in [0.15, 0.2) is 0 Å². The zero-order valence-corrected chi connectivity index (χ0v) is 22.4. The number of carbonyl (C=O) groups excluding carboxylic acids is 1. The van der Waals surface area contributed by atoms with Crippen molar-refractivity contribution in [2.24, 2.45) is 0 Å². The van der Waals surface area contributed by atoms with Crippen LogP contribution in [-0.4, -0.2) is 79.0 Å². The van der Waals surface area contributed by atoms with Crippen LogP contribution in [-0.2, 0) is 19.6 Å². The van der Waals surface area contributed by atoms with Crippen molar-refractivity contribution < 1.29 is 4.79 Å². The summed E-state index contributed by atoms with van der Waals surface area (Å²) in [5.41, 5.74) is 6.82. The summed E-state index contributed by atoms with van der Waals surface area (Å²) in [6.45, 7) is 9.04. The lowest BCUT2D eigenvalue weighted by Gasteiger charge is -2.32. The first kappa shape index (κ1) is 25.3. The van der Waals surface area contributed by atoms with E-state index in [1.807, 2.05) is 18.2 Å². The van der Waals surface area contributed by atoms with E-state index in [-0.39, 0.29) is 5.91 Å². The van der Waals surface area contributed by atoms with Gasteiger partial charge in [0.1, 0.15) is 0 Å². The second-order valence-electron chi connectivity index (χ2n) is 11.3. The molecule has 3 saturated heterocycles. The minimum atomic E-state index is -0.0213. The van der Waals surface area contributed by atoms with E-state index in [0.717, 1.165) is 63.5 Å². The van der Waals surface area contributed by atoms with E-state index >= 15 is 0 Å². The zero-order chi connectivity index (χ0) is 25.9. The molecule has 0 aliphatic carbocycles. The molecule has 3 heterocycles. The number of hydrogen-bond donors (Lipinski definition) is 2. The van der Waals surface area contributed by atoms with Crippen LogP contribution in [0.2, 0.25) is 0 Å². The number of benzene rings is 3. The standard InChI is InChI=1S/C32H39N5O/c1-35-11-13-36(14-12-35)21-25-6-4-10-29(17-25)32(38)34-19-24-5-2-8-27(15-24)28-9-3-7-26(16-28)22-37-23-30-18-31(37)20-33-30/h2-10,15-17,30-31,33H,11-14,18-23H2,1H3,(H,34,38)/t30-,31+/m1/s1. The number of likely N-dealkylation sites (N-methyl/N-ethyl adjacent to an activating group) is 1. The molecular weight excluding hydrogens is 470 g/mol. The van der Waals surface area contributed by atoms with Crippen LogP contribution in [0.3, 0.4) is 0 Å². The summed E-state index contributed by atoms with van der Waals surface area (Å²) in [5, 5.41) is 6.72. The largest absolute Gasteiger partial charge is 0.348 e. The highest BCUT2D eigenvalue weighted by Crippen LogP contribution is 2.27. The van der Waals surface area contributed by atoms with E-state index in [9.17, 15) is 4.79 Å². The Balaban J connectivity index is 1.06. The fraction of sp³-hybridized carbons (Fsp3) is 0.406. The Morgan fingerprint density at radius 2 is 1.55 bits per heavy atom. The normalized spacial score (nSPS) is 22.1. The van der Waals surface area contributed by atoms with Crippen molar-refractivity contribution in [3.8, 4) is 11.1 Å². The molecule has 6 heteroatoms. The Bertz CT molecular complexity index is 1270. The van der Waals surface area contributed by atoms with Crippen molar-refractivity contribution in [1.29, 1.82) is 0 Å². The second kappa shape index (κ2) is 11.4. The Morgan fingerprint density at radius 3 is 2.26 bits per heavy atom. The van der Waals surface area contributed by atoms with Gasteiger partial charge in [0, 0.05) is 76.5 Å². The molecule has 3 fully saturated rings. The minimum absolute atomic E-state index is 0.0213. The molecule has 38 heavy (non-hydrogen) atoms. The number of fused-ring (bicyclic) bond motifs is 2. The number of amides is 1. The Labute approximate surface area is 226 Å². The van der Waals surface area contributed by atoms with Gasteiger partial charge in [0.25, 0.3) is 5.91 Å². The van der Waals surface area contributed by atoms with E-state index < -0.39 is 0 Å². The molecule has 2 bridgehead atoms. The number of nitrogens with one attached hydrogen (secondary N) is 2. The lowest BCUT2D eigenvalue weighted by atomic mass is 10.0. The fourth-order valence-corrected chi connectivity index (χ4v) is 6.14. The summed E-state index contributed by atoms with van der Waals surface area (Å²) in [6.07, 6.45) is 1.29. The monoisotopic (exact) mass is 509 g/mol. The summed E-state index contributed by atoms with van der Waals surface area (Å²) in [6, 6.07) is 26.9. The van der Waals surface area contributed by atoms with Crippen LogP contribution in [0, 0.1) is 0 Å². The third-order valence-electron chi connectivity index (χ3n) is 8.39. The number of nitrogens with zero attached hydrogens (tertiary/aromatic N) is 3. The van der Waals surface area contributed by atoms with Crippen molar-refractivity contribution in [2.45, 2.75) is 38.1 Å². The maximum absolute atomic E-state index is 13.0. The van der Waals surface area contributed by atoms with Crippen molar-refractivity contribution in [3.05, 3.63) is 95.1 Å². The summed E-state index contributed by atoms with van der Waals surface area (Å²) in [5.74, 6) is -0.0213. The summed E-state index contributed by atoms with van der Waals surface area (Å²) in [7, 11) is 2.17. The van der Waals surface area contributed by atoms with Crippen molar-refractivity contribution in [3.63, 3.8) is 0 Å². The molecule has 3 aromatic carbocycles. The zero-order valence-electron chi connectivity index (χ0n) is 22.4. The van der Waals surface area contributed by atoms with E-state index in [1.165, 1.54) is 28.7 Å². The number of carbonyl (C=O) groups is 1. The lowest BCUT2D eigenvalue weighted by molar-refractivity contribution is 0.0950. The highest BCUT2D eigenvalue weighted by molar-refractivity contribution is 5.94. The maximum atomic E-state index is 13.0. The molecule has 0 spiro atoms. The van der Waals surface area contributed by atoms with Gasteiger partial charge in [-0.15, -0.1) is 0 Å². The van der Waals surface area contributed by atoms with E-state index in [2.05, 4.69) is 87.0 Å². The minimum Gasteiger partial charge on any atom is -0.348 e. The van der Waals surface area contributed by atoms with Gasteiger partial charge in [-0.2, -0.15) is 0 Å². The number of likely N-dealkylation sites (tertiary alicyclic amines) is 1. The summed E-state index contributed by atoms with van der Waals surface area (Å²) >= 11 is 0. The first-order valence-electron chi connectivity index (χ1n) is 14.0. The van der Waals surface area contributed by atoms with Crippen molar-refractivity contribution in [1.82, 2.24) is 25.3 Å². The Morgan fingerprint density at radius 1 is 0.868 bits per heavy atom. The average Bonchev–Trinajstić information content (AvgIpc) is 3.57. The highest BCUT2D eigenvalue weighted by Gasteiger charge is 2.37. The predicted octanol–water partition coefficient (Wildman–Crippen LogP) is 3.58. The van der Waals surface area contributed by atoms with Gasteiger partial charge in [-0.1, -0.05) is 48.5 Å². The summed E-state index contributed by atoms with van der Waals surface area (Å²) in [4.78, 5) is 20.4. The van der Waals surface area contributed by atoms with Crippen molar-refractivity contribution >= 4 is 5.91 Å². The molecule has 2 N–H and O–H groups in total. The van der Waals surface area contributed by atoms with Crippen LogP contribution < -0.4 is 10.6 Å². The smallest absolute Gasteiger partial charge is 0.251 e. The predicted molar refractivity (Wildman–Crippen MR) is 153 cm³/mol. The Hall–Kier alpha value is -3.03. The van der Waals surface area contributed by atoms with Gasteiger partial charge < -0.3 is 15.5 Å². The van der Waals surface area contributed by atoms with Crippen LogP contribution in [0.5, 0.6) is 0 Å². The maximum Gasteiger partial charge on any atom is 0.251 e. The van der Waals surface area contributed by atoms with Gasteiger partial charge in [0.2, 0.25) is 0 Å². The number of piperazine rings is 2. The Kier molecular flexibility index (Phi) is 7.56. The lowest BCUT2D eigenvalue weighted by Crippen LogP contribution is -2.43. The second-order valence-corrected chi connectivity index (χ2v) is 11.3. The van der Waals surface area contributed by atoms with E-state index in [0.29, 0.717) is 18.6 Å². The molecule has 1 amide bonds. The molecule has 6 nitrogen and oxygen atoms in total. The van der Waals surface area contributed by atoms with Crippen LogP contribution in [0.15, 0.2) is 72.8 Å². The average molecular weight is 510 g/mol. The van der Waals surface area contributed by atoms with Gasteiger partial charge >= 0.3 is 0 Å². The quantitative estimate of drug-likeness (QED) is 0.486. The third-order valence-corrected chi connectivity index (χ3v) is 8.39. The first-order valence-corrected chi connectivity index (χ1v) is 14.0. The number of hydrogen-bond acceptors (Lipinski definition) is 5. The molecule has 3 aliphatic heterocycles. The van der Waals surface area contributed by atoms with Gasteiger partial charge in [-0.05, 0) is 65.6 Å². The molecule has 6 rings (SSSR count). The van der Waals surface area contributed by atoms with E-state index in [1.54, 1.807) is 0 Å². The molecular formula is C32H39N5O. The van der Waals surface area contributed by atoms with Crippen LogP contribution in [0.4, 0.5) is 0 Å². The van der Waals surface area contributed by atoms with Gasteiger partial charge in [-0.25, -0.2) is 0 Å². The number of rotatable bonds is 8. The van der Waals surface area contributed by atoms with Gasteiger partial charge in [-0.3, -0.25) is 14.6 Å². The SMILES string of the molecule is CN1CCN(Cc2cccc(C(=O)NCc3cccc(-c4cccc(CN5C[C@H]6C[C@H]5CN6)c4)c3)c2)CC1. The fourth-order valence-electron chi connectivity index (χ4n) is 6.14. The van der Waals surface area contributed by atoms with Crippen LogP contribution in [0.25, 0.3) is 11.1 Å². The first-order chi connectivity index (χ1) is 18.6. The van der Waals surface area contributed by atoms with Crippen LogP contribution >= 0.6 is 0 Å². The van der Waals surface area contributed by atoms with E-state index in [4.69, 9.17) is 0 Å². The highest BCUT2D eigenvalue weighted by atomic mass is 16.1. The van der Waals surface area contributed by atoms with Crippen LogP contribution in [0.1, 0.15) is 33.5 Å². The molecule has 0 aromatic heterocycles. The topological polar surface area (TPSA) is 50.9 Å². The molecule has 3 aromatic rings. The molecule has 198 valence electrons. The van der Waals surface area contributed by atoms with Crippen molar-refractivity contribution in [2.75, 3.05) is 46.3 Å². The third kappa shape index (κ3) is 6.00. The van der Waals surface area contributed by atoms with Gasteiger partial charge in [0.05, 0.1) is 0 Å². The molecule has 0 saturated carbocycles. The molecule has 0 unspecified atom stereocenters. The molecule has 0 radical (unpaired) electrons. The molecule has 2 atom stereocenters.